The Bertz CT molecular complexity index is 813. The Morgan fingerprint density at radius 2 is 1.93 bits per heavy atom. The van der Waals surface area contributed by atoms with Crippen LogP contribution in [0.25, 0.3) is 0 Å². The number of methoxy groups -OCH3 is 1. The largest absolute Gasteiger partial charge is 0.495 e. The number of piperidine rings is 1. The van der Waals surface area contributed by atoms with Gasteiger partial charge in [-0.05, 0) is 18.2 Å². The molecule has 2 aliphatic rings. The molecule has 0 bridgehead atoms. The monoisotopic (exact) mass is 370 g/mol. The van der Waals surface area contributed by atoms with Crippen molar-refractivity contribution in [1.29, 1.82) is 0 Å². The van der Waals surface area contributed by atoms with Crippen LogP contribution in [-0.4, -0.2) is 55.1 Å². The first kappa shape index (κ1) is 17.7. The molecule has 8 heteroatoms. The number of para-hydroxylation sites is 2. The van der Waals surface area contributed by atoms with E-state index in [4.69, 9.17) is 14.2 Å². The number of hydrogen-bond donors (Lipinski definition) is 1. The van der Waals surface area contributed by atoms with Gasteiger partial charge >= 0.3 is 0 Å². The van der Waals surface area contributed by atoms with Gasteiger partial charge in [0.2, 0.25) is 5.95 Å². The smallest absolute Gasteiger partial charge is 0.274 e. The number of rotatable bonds is 4. The van der Waals surface area contributed by atoms with Gasteiger partial charge < -0.3 is 24.4 Å². The molecule has 1 amide bonds. The molecule has 2 aromatic rings. The van der Waals surface area contributed by atoms with E-state index in [0.29, 0.717) is 36.3 Å². The van der Waals surface area contributed by atoms with Crippen molar-refractivity contribution >= 4 is 17.5 Å². The SMILES string of the molecule is COc1ccccc1NC(=O)c1ccnc(N2CCC3(CC2)OCCO3)n1. The Morgan fingerprint density at radius 1 is 1.19 bits per heavy atom. The molecule has 1 spiro atoms. The topological polar surface area (TPSA) is 85.8 Å². The van der Waals surface area contributed by atoms with E-state index >= 15 is 0 Å². The molecule has 0 aliphatic carbocycles. The Labute approximate surface area is 157 Å². The van der Waals surface area contributed by atoms with Crippen LogP contribution in [0.3, 0.4) is 0 Å². The van der Waals surface area contributed by atoms with Crippen LogP contribution in [0.15, 0.2) is 36.5 Å². The predicted octanol–water partition coefficient (Wildman–Crippen LogP) is 2.08. The number of aromatic nitrogens is 2. The normalized spacial score (nSPS) is 18.5. The molecule has 1 aromatic heterocycles. The van der Waals surface area contributed by atoms with Crippen LogP contribution in [0.5, 0.6) is 5.75 Å². The predicted molar refractivity (Wildman–Crippen MR) is 99.1 cm³/mol. The molecular weight excluding hydrogens is 348 g/mol. The lowest BCUT2D eigenvalue weighted by Gasteiger charge is -2.37. The number of carbonyl (C=O) groups excluding carboxylic acids is 1. The minimum absolute atomic E-state index is 0.305. The van der Waals surface area contributed by atoms with Crippen LogP contribution in [0.1, 0.15) is 23.3 Å². The van der Waals surface area contributed by atoms with Gasteiger partial charge in [0, 0.05) is 32.1 Å². The van der Waals surface area contributed by atoms with Gasteiger partial charge in [-0.1, -0.05) is 12.1 Å². The highest BCUT2D eigenvalue weighted by atomic mass is 16.7. The van der Waals surface area contributed by atoms with Crippen molar-refractivity contribution in [3.8, 4) is 5.75 Å². The van der Waals surface area contributed by atoms with E-state index in [1.807, 2.05) is 12.1 Å². The van der Waals surface area contributed by atoms with Gasteiger partial charge in [0.1, 0.15) is 11.4 Å². The van der Waals surface area contributed by atoms with E-state index in [2.05, 4.69) is 20.2 Å². The van der Waals surface area contributed by atoms with E-state index in [1.54, 1.807) is 31.5 Å². The Hall–Kier alpha value is -2.71. The molecule has 0 saturated carbocycles. The average molecular weight is 370 g/mol. The third-order valence-corrected chi connectivity index (χ3v) is 4.85. The second-order valence-corrected chi connectivity index (χ2v) is 6.49. The van der Waals surface area contributed by atoms with Gasteiger partial charge in [-0.2, -0.15) is 0 Å². The second kappa shape index (κ2) is 7.50. The van der Waals surface area contributed by atoms with Crippen molar-refractivity contribution in [3.63, 3.8) is 0 Å². The van der Waals surface area contributed by atoms with Crippen molar-refractivity contribution in [2.24, 2.45) is 0 Å². The lowest BCUT2D eigenvalue weighted by Crippen LogP contribution is -2.45. The number of amides is 1. The van der Waals surface area contributed by atoms with Crippen molar-refractivity contribution in [3.05, 3.63) is 42.2 Å². The Balaban J connectivity index is 1.45. The molecule has 2 saturated heterocycles. The van der Waals surface area contributed by atoms with Crippen molar-refractivity contribution in [2.45, 2.75) is 18.6 Å². The molecule has 1 aromatic carbocycles. The lowest BCUT2D eigenvalue weighted by molar-refractivity contribution is -0.169. The summed E-state index contributed by atoms with van der Waals surface area (Å²) in [7, 11) is 1.56. The summed E-state index contributed by atoms with van der Waals surface area (Å²) < 4.78 is 16.8. The zero-order valence-corrected chi connectivity index (χ0v) is 15.2. The van der Waals surface area contributed by atoms with Gasteiger partial charge in [-0.25, -0.2) is 9.97 Å². The molecule has 0 atom stereocenters. The zero-order valence-electron chi connectivity index (χ0n) is 15.2. The summed E-state index contributed by atoms with van der Waals surface area (Å²) in [4.78, 5) is 23.4. The van der Waals surface area contributed by atoms with E-state index in [0.717, 1.165) is 25.9 Å². The number of hydrogen-bond acceptors (Lipinski definition) is 7. The molecule has 4 rings (SSSR count). The summed E-state index contributed by atoms with van der Waals surface area (Å²) in [5, 5.41) is 2.83. The maximum atomic E-state index is 12.6. The van der Waals surface area contributed by atoms with E-state index in [1.165, 1.54) is 0 Å². The van der Waals surface area contributed by atoms with Crippen molar-refractivity contribution in [1.82, 2.24) is 9.97 Å². The highest BCUT2D eigenvalue weighted by Crippen LogP contribution is 2.32. The number of benzene rings is 1. The zero-order chi connectivity index (χ0) is 18.7. The van der Waals surface area contributed by atoms with Crippen LogP contribution in [-0.2, 0) is 9.47 Å². The highest BCUT2D eigenvalue weighted by molar-refractivity contribution is 6.03. The summed E-state index contributed by atoms with van der Waals surface area (Å²) in [5.74, 6) is 0.377. The lowest BCUT2D eigenvalue weighted by atomic mass is 10.0. The van der Waals surface area contributed by atoms with E-state index < -0.39 is 5.79 Å². The molecular formula is C19H22N4O4. The second-order valence-electron chi connectivity index (χ2n) is 6.49. The summed E-state index contributed by atoms with van der Waals surface area (Å²) >= 11 is 0. The average Bonchev–Trinajstić information content (AvgIpc) is 3.17. The van der Waals surface area contributed by atoms with Gasteiger partial charge in [-0.3, -0.25) is 4.79 Å². The maximum Gasteiger partial charge on any atom is 0.274 e. The maximum absolute atomic E-state index is 12.6. The molecule has 0 unspecified atom stereocenters. The minimum Gasteiger partial charge on any atom is -0.495 e. The van der Waals surface area contributed by atoms with Crippen LogP contribution in [0, 0.1) is 0 Å². The van der Waals surface area contributed by atoms with Crippen LogP contribution in [0.2, 0.25) is 0 Å². The molecule has 142 valence electrons. The molecule has 0 radical (unpaired) electrons. The van der Waals surface area contributed by atoms with Crippen molar-refractivity contribution in [2.75, 3.05) is 43.6 Å². The fourth-order valence-corrected chi connectivity index (χ4v) is 3.39. The minimum atomic E-state index is -0.449. The number of nitrogens with one attached hydrogen (secondary N) is 1. The molecule has 2 aliphatic heterocycles. The summed E-state index contributed by atoms with van der Waals surface area (Å²) in [6.07, 6.45) is 3.12. The Morgan fingerprint density at radius 3 is 2.67 bits per heavy atom. The van der Waals surface area contributed by atoms with Crippen LogP contribution >= 0.6 is 0 Å². The van der Waals surface area contributed by atoms with Gasteiger partial charge in [0.25, 0.3) is 5.91 Å². The van der Waals surface area contributed by atoms with Crippen LogP contribution < -0.4 is 15.0 Å². The highest BCUT2D eigenvalue weighted by Gasteiger charge is 2.40. The quantitative estimate of drug-likeness (QED) is 0.882. The van der Waals surface area contributed by atoms with Gasteiger partial charge in [0.15, 0.2) is 5.79 Å². The summed E-state index contributed by atoms with van der Waals surface area (Å²) in [6, 6.07) is 8.85. The van der Waals surface area contributed by atoms with Crippen molar-refractivity contribution < 1.29 is 19.0 Å². The first-order valence-electron chi connectivity index (χ1n) is 8.99. The molecule has 8 nitrogen and oxygen atoms in total. The van der Waals surface area contributed by atoms with Gasteiger partial charge in [0.05, 0.1) is 26.0 Å². The Kier molecular flexibility index (Phi) is 4.91. The third kappa shape index (κ3) is 3.72. The van der Waals surface area contributed by atoms with E-state index in [-0.39, 0.29) is 5.91 Å². The van der Waals surface area contributed by atoms with Crippen LogP contribution in [0.4, 0.5) is 11.6 Å². The number of anilines is 2. The standard InChI is InChI=1S/C19H22N4O4/c1-25-16-5-3-2-4-14(16)21-17(24)15-6-9-20-18(22-15)23-10-7-19(8-11-23)26-12-13-27-19/h2-6,9H,7-8,10-13H2,1H3,(H,21,24). The molecule has 27 heavy (non-hydrogen) atoms. The number of carbonyl (C=O) groups is 1. The summed E-state index contributed by atoms with van der Waals surface area (Å²) in [5.41, 5.74) is 0.903. The first-order chi connectivity index (χ1) is 13.2. The third-order valence-electron chi connectivity index (χ3n) is 4.85. The summed E-state index contributed by atoms with van der Waals surface area (Å²) in [6.45, 7) is 2.74. The molecule has 3 heterocycles. The number of ether oxygens (including phenoxy) is 3. The molecule has 1 N–H and O–H groups in total. The van der Waals surface area contributed by atoms with Gasteiger partial charge in [-0.15, -0.1) is 0 Å². The molecule has 2 fully saturated rings. The fourth-order valence-electron chi connectivity index (χ4n) is 3.39. The fraction of sp³-hybridized carbons (Fsp3) is 0.421. The van der Waals surface area contributed by atoms with E-state index in [9.17, 15) is 4.79 Å². The first-order valence-corrected chi connectivity index (χ1v) is 8.99. The number of nitrogens with zero attached hydrogens (tertiary/aromatic N) is 3.